The van der Waals surface area contributed by atoms with Gasteiger partial charge < -0.3 is 11.5 Å². The predicted molar refractivity (Wildman–Crippen MR) is 52.7 cm³/mol. The van der Waals surface area contributed by atoms with E-state index in [-0.39, 0.29) is 0 Å². The first-order chi connectivity index (χ1) is 4.61. The van der Waals surface area contributed by atoms with E-state index >= 15 is 0 Å². The van der Waals surface area contributed by atoms with Crippen molar-refractivity contribution in [2.45, 2.75) is 6.92 Å². The highest BCUT2D eigenvalue weighted by Gasteiger charge is 1.98. The lowest BCUT2D eigenvalue weighted by molar-refractivity contribution is 1.45. The molecule has 0 amide bonds. The van der Waals surface area contributed by atoms with E-state index in [1.807, 2.05) is 19.1 Å². The molecule has 0 aromatic heterocycles. The van der Waals surface area contributed by atoms with Crippen molar-refractivity contribution in [1.29, 1.82) is 0 Å². The molecule has 2 nitrogen and oxygen atoms in total. The molecule has 0 heterocycles. The number of nitrogens with two attached hydrogens (primary N) is 2. The van der Waals surface area contributed by atoms with Crippen molar-refractivity contribution in [3.05, 3.63) is 21.3 Å². The van der Waals surface area contributed by atoms with Gasteiger partial charge in [0.25, 0.3) is 0 Å². The summed E-state index contributed by atoms with van der Waals surface area (Å²) in [7, 11) is 0. The number of benzene rings is 1. The molecular weight excluding hydrogens is 239 g/mol. The molecule has 0 saturated heterocycles. The molecule has 1 rings (SSSR count). The maximum absolute atomic E-state index is 5.64. The molecule has 1 aromatic rings. The number of halogens is 1. The largest absolute Gasteiger partial charge is 0.398 e. The molecule has 1 aromatic carbocycles. The molecule has 3 heteroatoms. The van der Waals surface area contributed by atoms with Crippen LogP contribution in [0.1, 0.15) is 5.56 Å². The first-order valence-electron chi connectivity index (χ1n) is 2.92. The second-order valence-electron chi connectivity index (χ2n) is 2.21. The first kappa shape index (κ1) is 7.65. The Bertz CT molecular complexity index is 235. The Morgan fingerprint density at radius 3 is 2.00 bits per heavy atom. The number of hydrogen-bond donors (Lipinski definition) is 2. The van der Waals surface area contributed by atoms with Crippen LogP contribution in [-0.2, 0) is 0 Å². The molecule has 0 radical (unpaired) electrons. The lowest BCUT2D eigenvalue weighted by Gasteiger charge is -2.03. The SMILES string of the molecule is Cc1c(N)cc(I)cc1N. The molecule has 0 aliphatic carbocycles. The zero-order valence-corrected chi connectivity index (χ0v) is 7.84. The summed E-state index contributed by atoms with van der Waals surface area (Å²) in [4.78, 5) is 0. The van der Waals surface area contributed by atoms with E-state index in [0.29, 0.717) is 0 Å². The highest BCUT2D eigenvalue weighted by atomic mass is 127. The number of hydrogen-bond acceptors (Lipinski definition) is 2. The van der Waals surface area contributed by atoms with Crippen molar-refractivity contribution < 1.29 is 0 Å². The van der Waals surface area contributed by atoms with Gasteiger partial charge in [-0.3, -0.25) is 0 Å². The van der Waals surface area contributed by atoms with Gasteiger partial charge in [-0.15, -0.1) is 0 Å². The van der Waals surface area contributed by atoms with Gasteiger partial charge in [-0.1, -0.05) is 0 Å². The molecule has 10 heavy (non-hydrogen) atoms. The molecule has 0 atom stereocenters. The van der Waals surface area contributed by atoms with Crippen LogP contribution in [0.5, 0.6) is 0 Å². The predicted octanol–water partition coefficient (Wildman–Crippen LogP) is 1.76. The Morgan fingerprint density at radius 2 is 1.60 bits per heavy atom. The van der Waals surface area contributed by atoms with E-state index in [4.69, 9.17) is 11.5 Å². The molecule has 0 aliphatic rings. The van der Waals surface area contributed by atoms with E-state index in [1.54, 1.807) is 0 Å². The zero-order valence-electron chi connectivity index (χ0n) is 5.69. The molecule has 0 unspecified atom stereocenters. The van der Waals surface area contributed by atoms with Crippen molar-refractivity contribution >= 4 is 34.0 Å². The van der Waals surface area contributed by atoms with Gasteiger partial charge in [0, 0.05) is 14.9 Å². The summed E-state index contributed by atoms with van der Waals surface area (Å²) in [6.07, 6.45) is 0. The minimum absolute atomic E-state index is 0.768. The maximum Gasteiger partial charge on any atom is 0.0375 e. The highest BCUT2D eigenvalue weighted by molar-refractivity contribution is 14.1. The normalized spacial score (nSPS) is 9.80. The van der Waals surface area contributed by atoms with Crippen LogP contribution >= 0.6 is 22.6 Å². The number of anilines is 2. The van der Waals surface area contributed by atoms with Crippen LogP contribution in [-0.4, -0.2) is 0 Å². The third-order valence-electron chi connectivity index (χ3n) is 1.45. The molecule has 4 N–H and O–H groups in total. The summed E-state index contributed by atoms with van der Waals surface area (Å²) < 4.78 is 1.08. The van der Waals surface area contributed by atoms with Crippen LogP contribution in [0.25, 0.3) is 0 Å². The standard InChI is InChI=1S/C7H9IN2/c1-4-6(9)2-5(8)3-7(4)10/h2-3H,9-10H2,1H3. The van der Waals surface area contributed by atoms with Gasteiger partial charge in [0.15, 0.2) is 0 Å². The second-order valence-corrected chi connectivity index (χ2v) is 3.45. The third kappa shape index (κ3) is 1.34. The van der Waals surface area contributed by atoms with Crippen LogP contribution in [0, 0.1) is 10.5 Å². The monoisotopic (exact) mass is 248 g/mol. The van der Waals surface area contributed by atoms with Crippen molar-refractivity contribution in [2.24, 2.45) is 0 Å². The lowest BCUT2D eigenvalue weighted by atomic mass is 10.2. The summed E-state index contributed by atoms with van der Waals surface area (Å²) in [6.45, 7) is 1.92. The van der Waals surface area contributed by atoms with Crippen molar-refractivity contribution in [3.63, 3.8) is 0 Å². The summed E-state index contributed by atoms with van der Waals surface area (Å²) in [5, 5.41) is 0. The Balaban J connectivity index is 3.31. The molecule has 0 fully saturated rings. The van der Waals surface area contributed by atoms with Crippen molar-refractivity contribution in [2.75, 3.05) is 11.5 Å². The highest BCUT2D eigenvalue weighted by Crippen LogP contribution is 2.21. The average Bonchev–Trinajstić information content (AvgIpc) is 1.82. The molecule has 0 bridgehead atoms. The summed E-state index contributed by atoms with van der Waals surface area (Å²) in [5.74, 6) is 0. The number of nitrogen functional groups attached to an aromatic ring is 2. The molecular formula is C7H9IN2. The lowest BCUT2D eigenvalue weighted by Crippen LogP contribution is -1.96. The molecule has 0 aliphatic heterocycles. The van der Waals surface area contributed by atoms with Crippen LogP contribution in [0.15, 0.2) is 12.1 Å². The Hall–Kier alpha value is -0.450. The fourth-order valence-electron chi connectivity index (χ4n) is 0.722. The second kappa shape index (κ2) is 2.65. The molecule has 0 saturated carbocycles. The minimum Gasteiger partial charge on any atom is -0.398 e. The smallest absolute Gasteiger partial charge is 0.0375 e. The van der Waals surface area contributed by atoms with Crippen molar-refractivity contribution in [3.8, 4) is 0 Å². The van der Waals surface area contributed by atoms with Gasteiger partial charge in [0.05, 0.1) is 0 Å². The number of rotatable bonds is 0. The third-order valence-corrected chi connectivity index (χ3v) is 2.08. The summed E-state index contributed by atoms with van der Waals surface area (Å²) in [5.41, 5.74) is 13.8. The molecule has 54 valence electrons. The Morgan fingerprint density at radius 1 is 1.20 bits per heavy atom. The van der Waals surface area contributed by atoms with Gasteiger partial charge in [-0.25, -0.2) is 0 Å². The molecule has 0 spiro atoms. The zero-order chi connectivity index (χ0) is 7.72. The Labute approximate surface area is 73.7 Å². The van der Waals surface area contributed by atoms with E-state index in [9.17, 15) is 0 Å². The maximum atomic E-state index is 5.64. The van der Waals surface area contributed by atoms with Crippen LogP contribution in [0.3, 0.4) is 0 Å². The fraction of sp³-hybridized carbons (Fsp3) is 0.143. The van der Waals surface area contributed by atoms with E-state index in [2.05, 4.69) is 22.6 Å². The minimum atomic E-state index is 0.768. The fourth-order valence-corrected chi connectivity index (χ4v) is 1.39. The van der Waals surface area contributed by atoms with Crippen LogP contribution < -0.4 is 11.5 Å². The first-order valence-corrected chi connectivity index (χ1v) is 4.00. The van der Waals surface area contributed by atoms with Gasteiger partial charge in [-0.2, -0.15) is 0 Å². The van der Waals surface area contributed by atoms with Gasteiger partial charge in [0.2, 0.25) is 0 Å². The summed E-state index contributed by atoms with van der Waals surface area (Å²) >= 11 is 2.19. The van der Waals surface area contributed by atoms with E-state index < -0.39 is 0 Å². The average molecular weight is 248 g/mol. The summed E-state index contributed by atoms with van der Waals surface area (Å²) in [6, 6.07) is 3.82. The van der Waals surface area contributed by atoms with Crippen LogP contribution in [0.2, 0.25) is 0 Å². The van der Waals surface area contributed by atoms with E-state index in [0.717, 1.165) is 20.5 Å². The van der Waals surface area contributed by atoms with Gasteiger partial charge >= 0.3 is 0 Å². The Kier molecular flexibility index (Phi) is 2.03. The topological polar surface area (TPSA) is 52.0 Å². The van der Waals surface area contributed by atoms with E-state index in [1.165, 1.54) is 0 Å². The van der Waals surface area contributed by atoms with Crippen LogP contribution in [0.4, 0.5) is 11.4 Å². The van der Waals surface area contributed by atoms with Crippen molar-refractivity contribution in [1.82, 2.24) is 0 Å². The van der Waals surface area contributed by atoms with Gasteiger partial charge in [0.1, 0.15) is 0 Å². The van der Waals surface area contributed by atoms with Gasteiger partial charge in [-0.05, 0) is 47.2 Å². The quantitative estimate of drug-likeness (QED) is 0.543.